The summed E-state index contributed by atoms with van der Waals surface area (Å²) in [7, 11) is -3.32. The maximum absolute atomic E-state index is 12.3. The number of hydrogen-bond acceptors (Lipinski definition) is 3. The van der Waals surface area contributed by atoms with E-state index in [1.165, 1.54) is 6.42 Å². The fourth-order valence-electron chi connectivity index (χ4n) is 3.40. The van der Waals surface area contributed by atoms with Gasteiger partial charge >= 0.3 is 0 Å². The van der Waals surface area contributed by atoms with Crippen LogP contribution in [0.4, 0.5) is 0 Å². The van der Waals surface area contributed by atoms with E-state index in [0.717, 1.165) is 44.9 Å². The Morgan fingerprint density at radius 2 is 1.63 bits per heavy atom. The lowest BCUT2D eigenvalue weighted by atomic mass is 9.84. The quantitative estimate of drug-likeness (QED) is 0.863. The van der Waals surface area contributed by atoms with Gasteiger partial charge in [-0.1, -0.05) is 38.5 Å². The minimum Gasteiger partial charge on any atom is -0.212 e. The summed E-state index contributed by atoms with van der Waals surface area (Å²) in [6, 6.07) is 2.22. The molecule has 0 aromatic heterocycles. The van der Waals surface area contributed by atoms with Gasteiger partial charge in [-0.2, -0.15) is 9.98 Å². The van der Waals surface area contributed by atoms with Gasteiger partial charge in [0.25, 0.3) is 0 Å². The zero-order valence-corrected chi connectivity index (χ0v) is 12.3. The molecule has 1 N–H and O–H groups in total. The molecule has 0 aromatic rings. The Labute approximate surface area is 116 Å². The van der Waals surface area contributed by atoms with Gasteiger partial charge in [0.2, 0.25) is 10.0 Å². The highest BCUT2D eigenvalue weighted by Crippen LogP contribution is 2.30. The molecule has 0 unspecified atom stereocenters. The molecule has 2 rings (SSSR count). The molecule has 0 amide bonds. The SMILES string of the molecule is N#CC1(NS(=O)(=O)CC2CCCCC2)CCCCC1. The summed E-state index contributed by atoms with van der Waals surface area (Å²) >= 11 is 0. The first-order valence-corrected chi connectivity index (χ1v) is 9.13. The average Bonchev–Trinajstić information content (AvgIpc) is 2.40. The second-order valence-electron chi connectivity index (χ2n) is 6.14. The molecule has 2 fully saturated rings. The van der Waals surface area contributed by atoms with E-state index in [-0.39, 0.29) is 11.7 Å². The molecule has 108 valence electrons. The van der Waals surface area contributed by atoms with E-state index in [0.29, 0.717) is 12.8 Å². The second kappa shape index (κ2) is 6.23. The molecule has 4 nitrogen and oxygen atoms in total. The number of sulfonamides is 1. The minimum atomic E-state index is -3.32. The van der Waals surface area contributed by atoms with Crippen molar-refractivity contribution in [1.82, 2.24) is 4.72 Å². The van der Waals surface area contributed by atoms with Crippen molar-refractivity contribution in [1.29, 1.82) is 5.26 Å². The molecule has 0 bridgehead atoms. The normalized spacial score (nSPS) is 24.8. The highest BCUT2D eigenvalue weighted by molar-refractivity contribution is 7.89. The van der Waals surface area contributed by atoms with Gasteiger partial charge in [-0.3, -0.25) is 0 Å². The number of rotatable bonds is 4. The summed E-state index contributed by atoms with van der Waals surface area (Å²) < 4.78 is 27.3. The monoisotopic (exact) mass is 284 g/mol. The van der Waals surface area contributed by atoms with Gasteiger partial charge in [0.1, 0.15) is 5.54 Å². The molecule has 0 radical (unpaired) electrons. The Hall–Kier alpha value is -0.600. The molecule has 2 aliphatic carbocycles. The maximum atomic E-state index is 12.3. The van der Waals surface area contributed by atoms with Gasteiger partial charge in [-0.25, -0.2) is 8.42 Å². The topological polar surface area (TPSA) is 70.0 Å². The van der Waals surface area contributed by atoms with Gasteiger partial charge in [0.05, 0.1) is 11.8 Å². The van der Waals surface area contributed by atoms with E-state index in [4.69, 9.17) is 0 Å². The molecular weight excluding hydrogens is 260 g/mol. The Morgan fingerprint density at radius 1 is 1.05 bits per heavy atom. The molecule has 19 heavy (non-hydrogen) atoms. The Balaban J connectivity index is 1.97. The highest BCUT2D eigenvalue weighted by Gasteiger charge is 2.36. The van der Waals surface area contributed by atoms with Gasteiger partial charge in [-0.15, -0.1) is 0 Å². The van der Waals surface area contributed by atoms with Gasteiger partial charge in [0.15, 0.2) is 0 Å². The van der Waals surface area contributed by atoms with Crippen LogP contribution in [0.5, 0.6) is 0 Å². The first-order valence-electron chi connectivity index (χ1n) is 7.48. The maximum Gasteiger partial charge on any atom is 0.213 e. The lowest BCUT2D eigenvalue weighted by molar-refractivity contribution is 0.333. The minimum absolute atomic E-state index is 0.205. The van der Waals surface area contributed by atoms with Crippen LogP contribution in [-0.4, -0.2) is 19.7 Å². The number of nitrogens with one attached hydrogen (secondary N) is 1. The zero-order valence-electron chi connectivity index (χ0n) is 11.5. The molecule has 0 saturated heterocycles. The molecule has 0 atom stereocenters. The van der Waals surface area contributed by atoms with Gasteiger partial charge < -0.3 is 0 Å². The van der Waals surface area contributed by atoms with Crippen LogP contribution < -0.4 is 4.72 Å². The summed E-state index contributed by atoms with van der Waals surface area (Å²) in [6.07, 6.45) is 9.85. The van der Waals surface area contributed by atoms with Crippen molar-refractivity contribution >= 4 is 10.0 Å². The van der Waals surface area contributed by atoms with Crippen molar-refractivity contribution in [3.8, 4) is 6.07 Å². The number of hydrogen-bond donors (Lipinski definition) is 1. The average molecular weight is 284 g/mol. The smallest absolute Gasteiger partial charge is 0.212 e. The molecule has 2 saturated carbocycles. The van der Waals surface area contributed by atoms with Crippen molar-refractivity contribution in [2.24, 2.45) is 5.92 Å². The van der Waals surface area contributed by atoms with Crippen molar-refractivity contribution in [2.75, 3.05) is 5.75 Å². The van der Waals surface area contributed by atoms with Crippen molar-refractivity contribution in [3.63, 3.8) is 0 Å². The third-order valence-corrected chi connectivity index (χ3v) is 6.06. The van der Waals surface area contributed by atoms with Crippen molar-refractivity contribution in [2.45, 2.75) is 69.7 Å². The van der Waals surface area contributed by atoms with E-state index in [9.17, 15) is 13.7 Å². The van der Waals surface area contributed by atoms with Crippen molar-refractivity contribution < 1.29 is 8.42 Å². The van der Waals surface area contributed by atoms with Gasteiger partial charge in [-0.05, 0) is 31.6 Å². The Morgan fingerprint density at radius 3 is 2.21 bits per heavy atom. The first-order chi connectivity index (χ1) is 9.05. The van der Waals surface area contributed by atoms with Crippen molar-refractivity contribution in [3.05, 3.63) is 0 Å². The molecule has 5 heteroatoms. The third kappa shape index (κ3) is 4.19. The van der Waals surface area contributed by atoms with E-state index >= 15 is 0 Å². The molecule has 2 aliphatic rings. The summed E-state index contributed by atoms with van der Waals surface area (Å²) in [6.45, 7) is 0. The molecule has 0 spiro atoms. The van der Waals surface area contributed by atoms with Crippen LogP contribution in [0, 0.1) is 17.2 Å². The standard InChI is InChI=1S/C14H24N2O2S/c15-12-14(9-5-2-6-10-14)16-19(17,18)11-13-7-3-1-4-8-13/h13,16H,1-11H2. The Kier molecular flexibility index (Phi) is 4.86. The molecular formula is C14H24N2O2S. The fourth-order valence-corrected chi connectivity index (χ4v) is 5.28. The van der Waals surface area contributed by atoms with Crippen LogP contribution in [0.2, 0.25) is 0 Å². The van der Waals surface area contributed by atoms with Crippen LogP contribution >= 0.6 is 0 Å². The predicted molar refractivity (Wildman–Crippen MR) is 74.9 cm³/mol. The van der Waals surface area contributed by atoms with E-state index < -0.39 is 15.6 Å². The van der Waals surface area contributed by atoms with Gasteiger partial charge in [0, 0.05) is 0 Å². The second-order valence-corrected chi connectivity index (χ2v) is 7.91. The summed E-state index contributed by atoms with van der Waals surface area (Å²) in [5.74, 6) is 0.488. The molecule has 0 heterocycles. The van der Waals surface area contributed by atoms with Crippen LogP contribution in [0.15, 0.2) is 0 Å². The molecule has 0 aliphatic heterocycles. The Bertz CT molecular complexity index is 427. The number of nitriles is 1. The third-order valence-electron chi connectivity index (χ3n) is 4.45. The lowest BCUT2D eigenvalue weighted by Crippen LogP contribution is -2.50. The van der Waals surface area contributed by atoms with E-state index in [2.05, 4.69) is 10.8 Å². The first kappa shape index (κ1) is 14.8. The summed E-state index contributed by atoms with van der Waals surface area (Å²) in [5.41, 5.74) is -0.828. The predicted octanol–water partition coefficient (Wildman–Crippen LogP) is 2.71. The zero-order chi connectivity index (χ0) is 13.8. The van der Waals surface area contributed by atoms with E-state index in [1.807, 2.05) is 0 Å². The number of nitrogens with zero attached hydrogens (tertiary/aromatic N) is 1. The largest absolute Gasteiger partial charge is 0.213 e. The molecule has 0 aromatic carbocycles. The van der Waals surface area contributed by atoms with Crippen LogP contribution in [0.25, 0.3) is 0 Å². The highest BCUT2D eigenvalue weighted by atomic mass is 32.2. The van der Waals surface area contributed by atoms with Crippen LogP contribution in [0.3, 0.4) is 0 Å². The van der Waals surface area contributed by atoms with Crippen LogP contribution in [0.1, 0.15) is 64.2 Å². The lowest BCUT2D eigenvalue weighted by Gasteiger charge is -2.32. The summed E-state index contributed by atoms with van der Waals surface area (Å²) in [5, 5.41) is 9.33. The fraction of sp³-hybridized carbons (Fsp3) is 0.929. The summed E-state index contributed by atoms with van der Waals surface area (Å²) in [4.78, 5) is 0. The van der Waals surface area contributed by atoms with E-state index in [1.54, 1.807) is 0 Å². The van der Waals surface area contributed by atoms with Crippen LogP contribution in [-0.2, 0) is 10.0 Å².